The highest BCUT2D eigenvalue weighted by Crippen LogP contribution is 2.38. The molecule has 0 saturated carbocycles. The third kappa shape index (κ3) is 6.09. The Kier molecular flexibility index (Phi) is 7.89. The number of carbonyl (C=O) groups is 1. The molecule has 0 radical (unpaired) electrons. The van der Waals surface area contributed by atoms with Crippen LogP contribution in [0.3, 0.4) is 0 Å². The molecular weight excluding hydrogens is 441 g/mol. The topological polar surface area (TPSA) is 67.8 Å². The van der Waals surface area contributed by atoms with Gasteiger partial charge in [0.05, 0.1) is 16.1 Å². The molecule has 0 aliphatic carbocycles. The lowest BCUT2D eigenvalue weighted by atomic mass is 10.2. The van der Waals surface area contributed by atoms with Crippen LogP contribution in [-0.2, 0) is 17.9 Å². The lowest BCUT2D eigenvalue weighted by Crippen LogP contribution is -2.33. The Morgan fingerprint density at radius 1 is 1.33 bits per heavy atom. The summed E-state index contributed by atoms with van der Waals surface area (Å²) in [6, 6.07) is 7.06. The number of rotatable bonds is 9. The van der Waals surface area contributed by atoms with Gasteiger partial charge in [-0.15, -0.1) is 0 Å². The molecule has 0 saturated heterocycles. The lowest BCUT2D eigenvalue weighted by molar-refractivity contribution is -0.139. The molecule has 146 valence electrons. The van der Waals surface area contributed by atoms with E-state index in [0.29, 0.717) is 34.7 Å². The third-order valence-corrected chi connectivity index (χ3v) is 4.68. The number of hydrogen-bond acceptors (Lipinski definition) is 4. The second kappa shape index (κ2) is 9.92. The van der Waals surface area contributed by atoms with Gasteiger partial charge in [-0.2, -0.15) is 0 Å². The maximum Gasteiger partial charge on any atom is 0.320 e. The van der Waals surface area contributed by atoms with Crippen molar-refractivity contribution in [2.45, 2.75) is 33.0 Å². The summed E-state index contributed by atoms with van der Waals surface area (Å²) in [5, 5.41) is 12.2. The Morgan fingerprint density at radius 3 is 2.70 bits per heavy atom. The summed E-state index contributed by atoms with van der Waals surface area (Å²) in [5.41, 5.74) is 1.49. The average Bonchev–Trinajstić information content (AvgIpc) is 2.60. The van der Waals surface area contributed by atoms with Crippen molar-refractivity contribution in [3.8, 4) is 11.5 Å². The molecule has 2 aromatic carbocycles. The Morgan fingerprint density at radius 2 is 2.07 bits per heavy atom. The Labute approximate surface area is 170 Å². The van der Waals surface area contributed by atoms with Crippen LogP contribution in [0.2, 0.25) is 5.02 Å². The van der Waals surface area contributed by atoms with E-state index in [1.165, 1.54) is 12.1 Å². The SMILES string of the molecule is CCOc1cc(CNC(C)C(=O)O)cc(Br)c1OCc1ccc(F)cc1Cl. The molecule has 0 fully saturated rings. The molecule has 2 aromatic rings. The number of benzene rings is 2. The first-order valence-corrected chi connectivity index (χ1v) is 9.47. The maximum absolute atomic E-state index is 13.2. The third-order valence-electron chi connectivity index (χ3n) is 3.74. The summed E-state index contributed by atoms with van der Waals surface area (Å²) in [6.45, 7) is 4.36. The quantitative estimate of drug-likeness (QED) is 0.563. The van der Waals surface area contributed by atoms with E-state index in [9.17, 15) is 9.18 Å². The normalized spacial score (nSPS) is 11.9. The van der Waals surface area contributed by atoms with Gasteiger partial charge in [0.1, 0.15) is 18.5 Å². The zero-order valence-corrected chi connectivity index (χ0v) is 17.2. The number of ether oxygens (including phenoxy) is 2. The molecule has 0 heterocycles. The lowest BCUT2D eigenvalue weighted by Gasteiger charge is -2.17. The minimum absolute atomic E-state index is 0.144. The summed E-state index contributed by atoms with van der Waals surface area (Å²) in [5.74, 6) is -0.320. The van der Waals surface area contributed by atoms with Gasteiger partial charge in [-0.3, -0.25) is 4.79 Å². The zero-order chi connectivity index (χ0) is 20.0. The molecular formula is C19H20BrClFNO4. The first-order valence-electron chi connectivity index (χ1n) is 8.30. The monoisotopic (exact) mass is 459 g/mol. The predicted octanol–water partition coefficient (Wildman–Crippen LogP) is 4.78. The second-order valence-electron chi connectivity index (χ2n) is 5.80. The highest BCUT2D eigenvalue weighted by atomic mass is 79.9. The van der Waals surface area contributed by atoms with Crippen molar-refractivity contribution < 1.29 is 23.8 Å². The van der Waals surface area contributed by atoms with Crippen LogP contribution in [-0.4, -0.2) is 23.7 Å². The molecule has 27 heavy (non-hydrogen) atoms. The van der Waals surface area contributed by atoms with Crippen LogP contribution in [0.15, 0.2) is 34.8 Å². The molecule has 5 nitrogen and oxygen atoms in total. The molecule has 1 unspecified atom stereocenters. The van der Waals surface area contributed by atoms with Crippen molar-refractivity contribution in [3.63, 3.8) is 0 Å². The van der Waals surface area contributed by atoms with Crippen molar-refractivity contribution in [1.29, 1.82) is 0 Å². The molecule has 0 aliphatic heterocycles. The molecule has 2 rings (SSSR count). The summed E-state index contributed by atoms with van der Waals surface area (Å²) < 4.78 is 25.3. The first-order chi connectivity index (χ1) is 12.8. The molecule has 0 aliphatic rings. The molecule has 0 spiro atoms. The molecule has 8 heteroatoms. The van der Waals surface area contributed by atoms with Crippen LogP contribution in [0.4, 0.5) is 4.39 Å². The number of halogens is 3. The minimum atomic E-state index is -0.921. The van der Waals surface area contributed by atoms with Crippen molar-refractivity contribution in [2.24, 2.45) is 0 Å². The van der Waals surface area contributed by atoms with Gasteiger partial charge in [-0.1, -0.05) is 17.7 Å². The van der Waals surface area contributed by atoms with Crippen LogP contribution in [0, 0.1) is 5.82 Å². The predicted molar refractivity (Wildman–Crippen MR) is 105 cm³/mol. The van der Waals surface area contributed by atoms with E-state index < -0.39 is 17.8 Å². The van der Waals surface area contributed by atoms with Crippen molar-refractivity contribution in [1.82, 2.24) is 5.32 Å². The largest absolute Gasteiger partial charge is 0.490 e. The van der Waals surface area contributed by atoms with E-state index in [0.717, 1.165) is 5.56 Å². The summed E-state index contributed by atoms with van der Waals surface area (Å²) in [4.78, 5) is 10.9. The number of carboxylic acids is 1. The summed E-state index contributed by atoms with van der Waals surface area (Å²) >= 11 is 9.50. The van der Waals surface area contributed by atoms with Gasteiger partial charge in [0.25, 0.3) is 0 Å². The van der Waals surface area contributed by atoms with E-state index in [1.807, 2.05) is 13.0 Å². The molecule has 1 atom stereocenters. The summed E-state index contributed by atoms with van der Waals surface area (Å²) in [7, 11) is 0. The van der Waals surface area contributed by atoms with Gasteiger partial charge in [0.15, 0.2) is 11.5 Å². The van der Waals surface area contributed by atoms with Crippen LogP contribution in [0.5, 0.6) is 11.5 Å². The average molecular weight is 461 g/mol. The Hall–Kier alpha value is -1.83. The second-order valence-corrected chi connectivity index (χ2v) is 7.06. The van der Waals surface area contributed by atoms with Crippen molar-refractivity contribution in [3.05, 3.63) is 56.8 Å². The van der Waals surface area contributed by atoms with E-state index in [2.05, 4.69) is 21.2 Å². The van der Waals surface area contributed by atoms with E-state index in [-0.39, 0.29) is 11.6 Å². The molecule has 0 aromatic heterocycles. The van der Waals surface area contributed by atoms with Crippen molar-refractivity contribution in [2.75, 3.05) is 6.61 Å². The number of aliphatic carboxylic acids is 1. The van der Waals surface area contributed by atoms with E-state index >= 15 is 0 Å². The minimum Gasteiger partial charge on any atom is -0.490 e. The van der Waals surface area contributed by atoms with Gasteiger partial charge >= 0.3 is 5.97 Å². The molecule has 2 N–H and O–H groups in total. The van der Waals surface area contributed by atoms with Gasteiger partial charge in [-0.25, -0.2) is 4.39 Å². The highest BCUT2D eigenvalue weighted by molar-refractivity contribution is 9.10. The van der Waals surface area contributed by atoms with Gasteiger partial charge in [0, 0.05) is 12.1 Å². The smallest absolute Gasteiger partial charge is 0.320 e. The fourth-order valence-electron chi connectivity index (χ4n) is 2.27. The van der Waals surface area contributed by atoms with Gasteiger partial charge in [0.2, 0.25) is 0 Å². The Bertz CT molecular complexity index is 819. The zero-order valence-electron chi connectivity index (χ0n) is 14.9. The van der Waals surface area contributed by atoms with E-state index in [1.54, 1.807) is 19.1 Å². The van der Waals surface area contributed by atoms with Gasteiger partial charge in [-0.05, 0) is 59.6 Å². The van der Waals surface area contributed by atoms with Crippen LogP contribution >= 0.6 is 27.5 Å². The van der Waals surface area contributed by atoms with Crippen LogP contribution in [0.25, 0.3) is 0 Å². The fraction of sp³-hybridized carbons (Fsp3) is 0.316. The summed E-state index contributed by atoms with van der Waals surface area (Å²) in [6.07, 6.45) is 0. The molecule has 0 amide bonds. The Balaban J connectivity index is 2.18. The van der Waals surface area contributed by atoms with Crippen LogP contribution in [0.1, 0.15) is 25.0 Å². The first kappa shape index (κ1) is 21.5. The van der Waals surface area contributed by atoms with Crippen LogP contribution < -0.4 is 14.8 Å². The van der Waals surface area contributed by atoms with E-state index in [4.69, 9.17) is 26.2 Å². The number of nitrogens with one attached hydrogen (secondary N) is 1. The van der Waals surface area contributed by atoms with Crippen molar-refractivity contribution >= 4 is 33.5 Å². The maximum atomic E-state index is 13.2. The number of carboxylic acid groups (broad SMARTS) is 1. The molecule has 0 bridgehead atoms. The van der Waals surface area contributed by atoms with Gasteiger partial charge < -0.3 is 19.9 Å². The number of hydrogen-bond donors (Lipinski definition) is 2. The standard InChI is InChI=1S/C19H20BrClFNO4/c1-3-26-17-7-12(9-23-11(2)19(24)25)6-15(20)18(17)27-10-13-4-5-14(22)8-16(13)21/h4-8,11,23H,3,9-10H2,1-2H3,(H,24,25). The highest BCUT2D eigenvalue weighted by Gasteiger charge is 2.15. The fourth-order valence-corrected chi connectivity index (χ4v) is 3.10.